The summed E-state index contributed by atoms with van der Waals surface area (Å²) in [5, 5.41) is 3.30. The number of carbonyl (C=O) groups excluding carboxylic acids is 1. The van der Waals surface area contributed by atoms with Gasteiger partial charge in [0.1, 0.15) is 15.8 Å². The molecule has 0 unspecified atom stereocenters. The second kappa shape index (κ2) is 10.1. The highest BCUT2D eigenvalue weighted by Gasteiger charge is 2.32. The number of amides is 1. The molecule has 0 atom stereocenters. The van der Waals surface area contributed by atoms with Gasteiger partial charge in [0.05, 0.1) is 10.5 Å². The van der Waals surface area contributed by atoms with Crippen LogP contribution in [0.1, 0.15) is 30.9 Å². The van der Waals surface area contributed by atoms with Gasteiger partial charge in [-0.3, -0.25) is 18.9 Å². The summed E-state index contributed by atoms with van der Waals surface area (Å²) in [7, 11) is 0. The van der Waals surface area contributed by atoms with Crippen LogP contribution in [-0.4, -0.2) is 37.6 Å². The van der Waals surface area contributed by atoms with Gasteiger partial charge >= 0.3 is 0 Å². The Balaban J connectivity index is 1.67. The Morgan fingerprint density at radius 3 is 2.69 bits per heavy atom. The maximum absolute atomic E-state index is 13.3. The highest BCUT2D eigenvalue weighted by atomic mass is 32.2. The largest absolute Gasteiger partial charge is 0.369 e. The van der Waals surface area contributed by atoms with Gasteiger partial charge in [-0.15, -0.1) is 0 Å². The van der Waals surface area contributed by atoms with Crippen molar-refractivity contribution in [2.75, 3.05) is 18.4 Å². The van der Waals surface area contributed by atoms with Gasteiger partial charge in [0.2, 0.25) is 0 Å². The number of aromatic nitrogens is 2. The first-order valence-corrected chi connectivity index (χ1v) is 11.9. The zero-order chi connectivity index (χ0) is 22.5. The highest BCUT2D eigenvalue weighted by Crippen LogP contribution is 2.33. The van der Waals surface area contributed by atoms with Crippen LogP contribution < -0.4 is 10.9 Å². The molecule has 1 aliphatic rings. The summed E-state index contributed by atoms with van der Waals surface area (Å²) in [6.07, 6.45) is 5.95. The summed E-state index contributed by atoms with van der Waals surface area (Å²) in [4.78, 5) is 32.9. The number of rotatable bonds is 8. The van der Waals surface area contributed by atoms with E-state index in [0.29, 0.717) is 39.3 Å². The third-order valence-electron chi connectivity index (χ3n) is 5.20. The summed E-state index contributed by atoms with van der Waals surface area (Å²) in [5.41, 5.74) is 1.87. The Bertz CT molecular complexity index is 1240. The average Bonchev–Trinajstić information content (AvgIpc) is 3.07. The van der Waals surface area contributed by atoms with Crippen molar-refractivity contribution in [3.63, 3.8) is 0 Å². The van der Waals surface area contributed by atoms with Crippen LogP contribution in [0.5, 0.6) is 0 Å². The molecule has 0 saturated carbocycles. The monoisotopic (exact) mass is 464 g/mol. The van der Waals surface area contributed by atoms with E-state index in [0.717, 1.165) is 19.3 Å². The summed E-state index contributed by atoms with van der Waals surface area (Å²) < 4.78 is 2.02. The zero-order valence-corrected chi connectivity index (χ0v) is 19.4. The molecule has 32 heavy (non-hydrogen) atoms. The van der Waals surface area contributed by atoms with Gasteiger partial charge in [-0.25, -0.2) is 4.98 Å². The SMILES string of the molecule is CCCCN1C(=O)C(=Cc2c(NCCc3ccccc3)nc3ccccn3c2=O)SC1=S. The van der Waals surface area contributed by atoms with E-state index in [9.17, 15) is 9.59 Å². The molecule has 164 valence electrons. The molecule has 0 aliphatic carbocycles. The Morgan fingerprint density at radius 1 is 1.12 bits per heavy atom. The predicted molar refractivity (Wildman–Crippen MR) is 135 cm³/mol. The van der Waals surface area contributed by atoms with E-state index in [1.807, 2.05) is 24.3 Å². The van der Waals surface area contributed by atoms with Crippen LogP contribution in [0.25, 0.3) is 11.7 Å². The molecule has 8 heteroatoms. The number of benzene rings is 1. The number of hydrogen-bond acceptors (Lipinski definition) is 6. The first-order chi connectivity index (χ1) is 15.6. The van der Waals surface area contributed by atoms with Crippen molar-refractivity contribution >= 4 is 51.7 Å². The third kappa shape index (κ3) is 4.76. The summed E-state index contributed by atoms with van der Waals surface area (Å²) in [5.74, 6) is 0.317. The minimum Gasteiger partial charge on any atom is -0.369 e. The number of hydrogen-bond donors (Lipinski definition) is 1. The second-order valence-electron chi connectivity index (χ2n) is 7.46. The predicted octanol–water partition coefficient (Wildman–Crippen LogP) is 4.35. The number of thioether (sulfide) groups is 1. The first kappa shape index (κ1) is 22.2. The number of anilines is 1. The Morgan fingerprint density at radius 2 is 1.91 bits per heavy atom. The van der Waals surface area contributed by atoms with Crippen LogP contribution in [0.3, 0.4) is 0 Å². The zero-order valence-electron chi connectivity index (χ0n) is 17.8. The molecule has 1 N–H and O–H groups in total. The van der Waals surface area contributed by atoms with Crippen molar-refractivity contribution in [2.45, 2.75) is 26.2 Å². The Labute approximate surface area is 196 Å². The molecule has 4 rings (SSSR count). The van der Waals surface area contributed by atoms with Crippen molar-refractivity contribution < 1.29 is 4.79 Å². The molecule has 1 saturated heterocycles. The van der Waals surface area contributed by atoms with Gasteiger partial charge in [-0.1, -0.05) is 73.7 Å². The van der Waals surface area contributed by atoms with E-state index in [-0.39, 0.29) is 11.5 Å². The lowest BCUT2D eigenvalue weighted by Crippen LogP contribution is -2.29. The molecule has 6 nitrogen and oxygen atoms in total. The lowest BCUT2D eigenvalue weighted by Gasteiger charge is -2.13. The molecule has 1 aromatic carbocycles. The van der Waals surface area contributed by atoms with Crippen LogP contribution >= 0.6 is 24.0 Å². The molecule has 1 fully saturated rings. The van der Waals surface area contributed by atoms with Gasteiger partial charge in [0.15, 0.2) is 0 Å². The highest BCUT2D eigenvalue weighted by molar-refractivity contribution is 8.26. The fourth-order valence-corrected chi connectivity index (χ4v) is 4.77. The van der Waals surface area contributed by atoms with Crippen LogP contribution in [0, 0.1) is 0 Å². The number of unbranched alkanes of at least 4 members (excludes halogenated alkanes) is 1. The molecule has 2 aromatic heterocycles. The molecule has 1 aliphatic heterocycles. The van der Waals surface area contributed by atoms with Crippen molar-refractivity contribution in [1.82, 2.24) is 14.3 Å². The maximum Gasteiger partial charge on any atom is 0.267 e. The Kier molecular flexibility index (Phi) is 7.02. The van der Waals surface area contributed by atoms with Crippen molar-refractivity contribution in [2.24, 2.45) is 0 Å². The smallest absolute Gasteiger partial charge is 0.267 e. The molecule has 1 amide bonds. The van der Waals surface area contributed by atoms with E-state index >= 15 is 0 Å². The van der Waals surface area contributed by atoms with Gasteiger partial charge in [-0.2, -0.15) is 0 Å². The molecule has 3 aromatic rings. The number of nitrogens with zero attached hydrogens (tertiary/aromatic N) is 3. The van der Waals surface area contributed by atoms with E-state index in [4.69, 9.17) is 12.2 Å². The fourth-order valence-electron chi connectivity index (χ4n) is 3.48. The first-order valence-electron chi connectivity index (χ1n) is 10.6. The standard InChI is InChI=1S/C24H24N4O2S2/c1-2-3-14-28-23(30)19(32-24(28)31)16-18-21(25-13-12-17-9-5-4-6-10-17)26-20-11-7-8-15-27(20)22(18)29/h4-11,15-16,25H,2-3,12-14H2,1H3. The van der Waals surface area contributed by atoms with E-state index in [1.165, 1.54) is 21.7 Å². The number of carbonyl (C=O) groups is 1. The fraction of sp³-hybridized carbons (Fsp3) is 0.250. The number of pyridine rings is 1. The molecule has 0 radical (unpaired) electrons. The number of fused-ring (bicyclic) bond motifs is 1. The van der Waals surface area contributed by atoms with Gasteiger partial charge < -0.3 is 5.32 Å². The second-order valence-corrected chi connectivity index (χ2v) is 9.13. The molecule has 0 bridgehead atoms. The topological polar surface area (TPSA) is 66.7 Å². The lowest BCUT2D eigenvalue weighted by atomic mass is 10.1. The van der Waals surface area contributed by atoms with E-state index < -0.39 is 0 Å². The molecular weight excluding hydrogens is 440 g/mol. The lowest BCUT2D eigenvalue weighted by molar-refractivity contribution is -0.122. The van der Waals surface area contributed by atoms with E-state index in [1.54, 1.807) is 29.3 Å². The van der Waals surface area contributed by atoms with Crippen molar-refractivity contribution in [1.29, 1.82) is 0 Å². The van der Waals surface area contributed by atoms with Crippen LogP contribution in [0.4, 0.5) is 5.82 Å². The van der Waals surface area contributed by atoms with Crippen molar-refractivity contribution in [3.05, 3.63) is 81.1 Å². The minimum absolute atomic E-state index is 0.152. The van der Waals surface area contributed by atoms with Gasteiger partial charge in [0.25, 0.3) is 11.5 Å². The third-order valence-corrected chi connectivity index (χ3v) is 6.58. The van der Waals surface area contributed by atoms with Crippen LogP contribution in [0.15, 0.2) is 64.4 Å². The average molecular weight is 465 g/mol. The van der Waals surface area contributed by atoms with Gasteiger partial charge in [-0.05, 0) is 36.6 Å². The quantitative estimate of drug-likeness (QED) is 0.395. The molecule has 3 heterocycles. The summed E-state index contributed by atoms with van der Waals surface area (Å²) in [6.45, 7) is 3.27. The Hall–Kier alpha value is -2.97. The maximum atomic E-state index is 13.3. The summed E-state index contributed by atoms with van der Waals surface area (Å²) in [6, 6.07) is 15.5. The normalized spacial score (nSPS) is 15.2. The summed E-state index contributed by atoms with van der Waals surface area (Å²) >= 11 is 6.64. The molecule has 0 spiro atoms. The van der Waals surface area contributed by atoms with Crippen molar-refractivity contribution in [3.8, 4) is 0 Å². The van der Waals surface area contributed by atoms with E-state index in [2.05, 4.69) is 29.4 Å². The minimum atomic E-state index is -0.225. The van der Waals surface area contributed by atoms with Crippen LogP contribution in [-0.2, 0) is 11.2 Å². The number of nitrogens with one attached hydrogen (secondary N) is 1. The molecular formula is C24H24N4O2S2. The van der Waals surface area contributed by atoms with Gasteiger partial charge in [0, 0.05) is 19.3 Å². The van der Waals surface area contributed by atoms with Crippen LogP contribution in [0.2, 0.25) is 0 Å². The number of thiocarbonyl (C=S) groups is 1.